The third-order valence-electron chi connectivity index (χ3n) is 3.68. The fourth-order valence-corrected chi connectivity index (χ4v) is 2.21. The molecule has 10 heteroatoms. The summed E-state index contributed by atoms with van der Waals surface area (Å²) in [6.07, 6.45) is 11.8. The summed E-state index contributed by atoms with van der Waals surface area (Å²) >= 11 is 0. The molecule has 0 aromatic carbocycles. The summed E-state index contributed by atoms with van der Waals surface area (Å²) in [5.41, 5.74) is 0.522. The lowest BCUT2D eigenvalue weighted by molar-refractivity contribution is -0.128. The van der Waals surface area contributed by atoms with Gasteiger partial charge in [-0.05, 0) is 18.6 Å². The van der Waals surface area contributed by atoms with Crippen LogP contribution in [0.5, 0.6) is 0 Å². The second-order valence-corrected chi connectivity index (χ2v) is 6.17. The summed E-state index contributed by atoms with van der Waals surface area (Å²) in [6.45, 7) is 11.8. The zero-order valence-corrected chi connectivity index (χ0v) is 17.6. The average Bonchev–Trinajstić information content (AvgIpc) is 2.72. The number of allylic oxidation sites excluding steroid dienone is 6. The predicted molar refractivity (Wildman–Crippen MR) is 121 cm³/mol. The maximum absolute atomic E-state index is 12.4. The Morgan fingerprint density at radius 1 is 1.06 bits per heavy atom. The molecule has 2 unspecified atom stereocenters. The number of rotatable bonds is 14. The van der Waals surface area contributed by atoms with Gasteiger partial charge in [-0.3, -0.25) is 9.59 Å². The van der Waals surface area contributed by atoms with Crippen LogP contribution in [-0.2, 0) is 14.3 Å². The zero-order chi connectivity index (χ0) is 23.6. The SMILES string of the molecule is C=C/C=C\C=C\COC(=O)NCC(=O)NC(C)C(=O)NC(CB(O)O)/C(C=C)=C/C=C. The first-order valence-electron chi connectivity index (χ1n) is 9.50. The molecule has 0 spiro atoms. The molecule has 0 radical (unpaired) electrons. The summed E-state index contributed by atoms with van der Waals surface area (Å²) in [7, 11) is -1.66. The molecular formula is C21H30BN3O6. The summed E-state index contributed by atoms with van der Waals surface area (Å²) in [6, 6.07) is -1.69. The van der Waals surface area contributed by atoms with E-state index in [2.05, 4.69) is 35.7 Å². The second kappa shape index (κ2) is 16.4. The molecule has 0 fully saturated rings. The van der Waals surface area contributed by atoms with Gasteiger partial charge >= 0.3 is 13.2 Å². The lowest BCUT2D eigenvalue weighted by atomic mass is 9.79. The van der Waals surface area contributed by atoms with E-state index < -0.39 is 37.1 Å². The smallest absolute Gasteiger partial charge is 0.445 e. The Balaban J connectivity index is 4.56. The number of carbonyl (C=O) groups excluding carboxylic acids is 3. The highest BCUT2D eigenvalue weighted by molar-refractivity contribution is 6.41. The molecule has 3 amide bonds. The molecule has 0 aliphatic rings. The first-order valence-corrected chi connectivity index (χ1v) is 9.50. The van der Waals surface area contributed by atoms with E-state index in [-0.39, 0.29) is 19.5 Å². The van der Waals surface area contributed by atoms with Gasteiger partial charge in [0.25, 0.3) is 0 Å². The molecular weight excluding hydrogens is 401 g/mol. The Morgan fingerprint density at radius 3 is 2.35 bits per heavy atom. The molecule has 0 heterocycles. The second-order valence-electron chi connectivity index (χ2n) is 6.17. The molecule has 31 heavy (non-hydrogen) atoms. The number of hydrogen-bond acceptors (Lipinski definition) is 6. The van der Waals surface area contributed by atoms with Crippen molar-refractivity contribution in [2.45, 2.75) is 25.3 Å². The highest BCUT2D eigenvalue weighted by Gasteiger charge is 2.24. The topological polar surface area (TPSA) is 137 Å². The molecule has 0 bridgehead atoms. The van der Waals surface area contributed by atoms with E-state index in [0.717, 1.165) is 0 Å². The standard InChI is InChI=1S/C21H30BN3O6/c1-5-8-9-10-11-13-31-21(28)23-15-19(26)24-16(4)20(27)25-18(14-22(29)30)17(7-3)12-6-2/h5-12,16,18,29-30H,1-3,13-15H2,4H3,(H,23,28)(H,24,26)(H,25,27)/b9-8-,11-10+,17-12+. The van der Waals surface area contributed by atoms with Crippen LogP contribution in [0.25, 0.3) is 0 Å². The maximum atomic E-state index is 12.4. The first-order chi connectivity index (χ1) is 14.7. The minimum atomic E-state index is -1.66. The van der Waals surface area contributed by atoms with Crippen molar-refractivity contribution in [3.05, 3.63) is 73.9 Å². The van der Waals surface area contributed by atoms with Crippen LogP contribution in [0.15, 0.2) is 73.9 Å². The van der Waals surface area contributed by atoms with E-state index in [0.29, 0.717) is 5.57 Å². The Labute approximate surface area is 183 Å². The van der Waals surface area contributed by atoms with Crippen LogP contribution >= 0.6 is 0 Å². The van der Waals surface area contributed by atoms with E-state index >= 15 is 0 Å². The molecule has 9 nitrogen and oxygen atoms in total. The van der Waals surface area contributed by atoms with Crippen LogP contribution in [0.3, 0.4) is 0 Å². The molecule has 2 atom stereocenters. The van der Waals surface area contributed by atoms with Crippen molar-refractivity contribution in [1.29, 1.82) is 0 Å². The normalized spacial score (nSPS) is 13.2. The highest BCUT2D eigenvalue weighted by Crippen LogP contribution is 2.10. The van der Waals surface area contributed by atoms with Crippen molar-refractivity contribution in [3.8, 4) is 0 Å². The Hall–Kier alpha value is -3.37. The number of ether oxygens (including phenoxy) is 1. The molecule has 168 valence electrons. The maximum Gasteiger partial charge on any atom is 0.453 e. The Morgan fingerprint density at radius 2 is 1.77 bits per heavy atom. The van der Waals surface area contributed by atoms with Gasteiger partial charge in [0, 0.05) is 6.32 Å². The molecule has 5 N–H and O–H groups in total. The van der Waals surface area contributed by atoms with Crippen LogP contribution in [0.4, 0.5) is 4.79 Å². The van der Waals surface area contributed by atoms with E-state index in [4.69, 9.17) is 4.74 Å². The van der Waals surface area contributed by atoms with Crippen LogP contribution in [0, 0.1) is 0 Å². The van der Waals surface area contributed by atoms with Gasteiger partial charge in [0.1, 0.15) is 19.2 Å². The summed E-state index contributed by atoms with van der Waals surface area (Å²) in [4.78, 5) is 35.9. The first kappa shape index (κ1) is 27.6. The van der Waals surface area contributed by atoms with E-state index in [1.54, 1.807) is 36.5 Å². The third kappa shape index (κ3) is 13.5. The van der Waals surface area contributed by atoms with Crippen LogP contribution in [0.1, 0.15) is 6.92 Å². The van der Waals surface area contributed by atoms with Crippen molar-refractivity contribution >= 4 is 25.0 Å². The Kier molecular flexibility index (Phi) is 14.7. The minimum absolute atomic E-state index is 0.0235. The van der Waals surface area contributed by atoms with E-state index in [9.17, 15) is 24.4 Å². The van der Waals surface area contributed by atoms with E-state index in [1.165, 1.54) is 19.1 Å². The highest BCUT2D eigenvalue weighted by atomic mass is 16.5. The minimum Gasteiger partial charge on any atom is -0.445 e. The monoisotopic (exact) mass is 431 g/mol. The van der Waals surface area contributed by atoms with Gasteiger partial charge in [0.2, 0.25) is 11.8 Å². The molecule has 0 aliphatic heterocycles. The fraction of sp³-hybridized carbons (Fsp3) is 0.286. The van der Waals surface area contributed by atoms with Crippen LogP contribution in [0.2, 0.25) is 6.32 Å². The van der Waals surface area contributed by atoms with Crippen LogP contribution < -0.4 is 16.0 Å². The average molecular weight is 431 g/mol. The zero-order valence-electron chi connectivity index (χ0n) is 17.6. The quantitative estimate of drug-likeness (QED) is 0.204. The third-order valence-corrected chi connectivity index (χ3v) is 3.68. The van der Waals surface area contributed by atoms with Gasteiger partial charge in [-0.2, -0.15) is 0 Å². The number of carbonyl (C=O) groups is 3. The largest absolute Gasteiger partial charge is 0.453 e. The molecule has 0 aliphatic carbocycles. The van der Waals surface area contributed by atoms with Gasteiger partial charge in [0.15, 0.2) is 0 Å². The predicted octanol–water partition coefficient (Wildman–Crippen LogP) is 0.772. The van der Waals surface area contributed by atoms with Gasteiger partial charge in [-0.1, -0.05) is 62.3 Å². The number of alkyl carbamates (subject to hydrolysis) is 1. The van der Waals surface area contributed by atoms with Gasteiger partial charge in [-0.15, -0.1) is 0 Å². The van der Waals surface area contributed by atoms with Crippen LogP contribution in [-0.4, -0.2) is 60.3 Å². The number of hydrogen-bond donors (Lipinski definition) is 5. The summed E-state index contributed by atoms with van der Waals surface area (Å²) in [5.74, 6) is -1.16. The van der Waals surface area contributed by atoms with Crippen molar-refractivity contribution in [2.24, 2.45) is 0 Å². The lowest BCUT2D eigenvalue weighted by Crippen LogP contribution is -2.51. The van der Waals surface area contributed by atoms with Crippen molar-refractivity contribution in [3.63, 3.8) is 0 Å². The van der Waals surface area contributed by atoms with Gasteiger partial charge < -0.3 is 30.7 Å². The van der Waals surface area contributed by atoms with Gasteiger partial charge in [-0.25, -0.2) is 4.79 Å². The molecule has 0 rings (SSSR count). The number of amides is 3. The summed E-state index contributed by atoms with van der Waals surface area (Å²) < 4.78 is 4.85. The molecule has 0 aromatic heterocycles. The van der Waals surface area contributed by atoms with E-state index in [1.807, 2.05) is 0 Å². The molecule has 0 saturated heterocycles. The van der Waals surface area contributed by atoms with Crippen molar-refractivity contribution < 1.29 is 29.2 Å². The van der Waals surface area contributed by atoms with Crippen molar-refractivity contribution in [2.75, 3.05) is 13.2 Å². The van der Waals surface area contributed by atoms with Crippen molar-refractivity contribution in [1.82, 2.24) is 16.0 Å². The molecule has 0 saturated carbocycles. The summed E-state index contributed by atoms with van der Waals surface area (Å²) in [5, 5.41) is 25.8. The number of nitrogens with one attached hydrogen (secondary N) is 3. The fourth-order valence-electron chi connectivity index (χ4n) is 2.21. The van der Waals surface area contributed by atoms with Gasteiger partial charge in [0.05, 0.1) is 6.04 Å². The molecule has 0 aromatic rings. The Bertz CT molecular complexity index is 731. The lowest BCUT2D eigenvalue weighted by Gasteiger charge is -2.22.